The normalized spacial score (nSPS) is 12.8. The number of amides is 2. The first kappa shape index (κ1) is 19.1. The molecular formula is C16H20N2O6. The molecule has 0 aromatic heterocycles. The predicted octanol–water partition coefficient (Wildman–Crippen LogP) is -0.131. The molecule has 0 aliphatic carbocycles. The third-order valence-corrected chi connectivity index (χ3v) is 3.59. The van der Waals surface area contributed by atoms with Crippen molar-refractivity contribution >= 4 is 23.8 Å². The summed E-state index contributed by atoms with van der Waals surface area (Å²) in [5.74, 6) is -5.56. The van der Waals surface area contributed by atoms with Crippen LogP contribution < -0.4 is 11.1 Å². The molecule has 0 heterocycles. The van der Waals surface area contributed by atoms with Crippen LogP contribution in [0, 0.1) is 11.8 Å². The molecule has 8 heteroatoms. The molecule has 0 unspecified atom stereocenters. The zero-order valence-corrected chi connectivity index (χ0v) is 13.6. The molecule has 0 fully saturated rings. The Hall–Kier alpha value is -2.90. The second-order valence-electron chi connectivity index (χ2n) is 5.10. The number of primary amides is 1. The highest BCUT2D eigenvalue weighted by Gasteiger charge is 2.41. The van der Waals surface area contributed by atoms with Crippen molar-refractivity contribution in [2.45, 2.75) is 13.0 Å². The summed E-state index contributed by atoms with van der Waals surface area (Å²) >= 11 is 0. The lowest BCUT2D eigenvalue weighted by molar-refractivity contribution is -0.161. The van der Waals surface area contributed by atoms with Gasteiger partial charge in [0.25, 0.3) is 5.91 Å². The number of benzene rings is 1. The molecule has 2 atom stereocenters. The fraction of sp³-hybridized carbons (Fsp3) is 0.375. The third kappa shape index (κ3) is 4.55. The Morgan fingerprint density at radius 3 is 1.92 bits per heavy atom. The predicted molar refractivity (Wildman–Crippen MR) is 83.6 cm³/mol. The molecule has 2 amide bonds. The largest absolute Gasteiger partial charge is 0.468 e. The maximum absolute atomic E-state index is 12.2. The van der Waals surface area contributed by atoms with E-state index >= 15 is 0 Å². The minimum absolute atomic E-state index is 0.309. The smallest absolute Gasteiger partial charge is 0.320 e. The highest BCUT2D eigenvalue weighted by Crippen LogP contribution is 2.20. The molecule has 0 saturated heterocycles. The van der Waals surface area contributed by atoms with Gasteiger partial charge in [-0.05, 0) is 12.1 Å². The van der Waals surface area contributed by atoms with Crippen molar-refractivity contribution in [1.82, 2.24) is 5.32 Å². The van der Waals surface area contributed by atoms with Crippen molar-refractivity contribution in [2.24, 2.45) is 17.6 Å². The second-order valence-corrected chi connectivity index (χ2v) is 5.10. The van der Waals surface area contributed by atoms with Crippen LogP contribution in [0.2, 0.25) is 0 Å². The summed E-state index contributed by atoms with van der Waals surface area (Å²) in [5, 5.41) is 2.44. The van der Waals surface area contributed by atoms with Crippen LogP contribution >= 0.6 is 0 Å². The molecule has 0 aliphatic heterocycles. The summed E-state index contributed by atoms with van der Waals surface area (Å²) in [4.78, 5) is 47.6. The molecule has 0 saturated carbocycles. The third-order valence-electron chi connectivity index (χ3n) is 3.59. The van der Waals surface area contributed by atoms with Crippen molar-refractivity contribution < 1.29 is 28.7 Å². The standard InChI is InChI=1S/C16H20N2O6/c1-9(11(15(21)23-2)16(22)24-3)12(13(17)19)18-14(20)10-7-5-4-6-8-10/h4-9,11-12H,1-3H3,(H2,17,19)(H,18,20)/t9-,12-/m0/s1. The molecule has 24 heavy (non-hydrogen) atoms. The minimum atomic E-state index is -1.39. The van der Waals surface area contributed by atoms with E-state index < -0.39 is 41.6 Å². The van der Waals surface area contributed by atoms with E-state index in [1.165, 1.54) is 6.92 Å². The van der Waals surface area contributed by atoms with Gasteiger partial charge in [-0.1, -0.05) is 25.1 Å². The lowest BCUT2D eigenvalue weighted by atomic mass is 9.86. The van der Waals surface area contributed by atoms with E-state index in [1.807, 2.05) is 0 Å². The van der Waals surface area contributed by atoms with Crippen LogP contribution in [0.3, 0.4) is 0 Å². The van der Waals surface area contributed by atoms with Gasteiger partial charge in [-0.15, -0.1) is 0 Å². The van der Waals surface area contributed by atoms with Gasteiger partial charge in [-0.3, -0.25) is 19.2 Å². The van der Waals surface area contributed by atoms with Crippen LogP contribution in [0.1, 0.15) is 17.3 Å². The maximum Gasteiger partial charge on any atom is 0.320 e. The second kappa shape index (κ2) is 8.66. The summed E-state index contributed by atoms with van der Waals surface area (Å²) < 4.78 is 9.14. The molecule has 3 N–H and O–H groups in total. The lowest BCUT2D eigenvalue weighted by Gasteiger charge is -2.26. The maximum atomic E-state index is 12.2. The van der Waals surface area contributed by atoms with Gasteiger partial charge in [-0.25, -0.2) is 0 Å². The highest BCUT2D eigenvalue weighted by atomic mass is 16.5. The van der Waals surface area contributed by atoms with Crippen molar-refractivity contribution in [3.8, 4) is 0 Å². The average Bonchev–Trinajstić information content (AvgIpc) is 2.59. The highest BCUT2D eigenvalue weighted by molar-refractivity contribution is 5.99. The number of hydrogen-bond donors (Lipinski definition) is 2. The number of nitrogens with two attached hydrogens (primary N) is 1. The first-order valence-electron chi connectivity index (χ1n) is 7.14. The Balaban J connectivity index is 3.04. The van der Waals surface area contributed by atoms with Crippen LogP contribution in [0.15, 0.2) is 30.3 Å². The lowest BCUT2D eigenvalue weighted by Crippen LogP contribution is -2.52. The molecule has 1 rings (SSSR count). The SMILES string of the molecule is COC(=O)C(C(=O)OC)[C@H](C)[C@H](NC(=O)c1ccccc1)C(N)=O. The number of carbonyl (C=O) groups is 4. The number of esters is 2. The molecule has 1 aromatic carbocycles. The Morgan fingerprint density at radius 2 is 1.50 bits per heavy atom. The van der Waals surface area contributed by atoms with Crippen LogP contribution in [0.5, 0.6) is 0 Å². The summed E-state index contributed by atoms with van der Waals surface area (Å²) in [7, 11) is 2.21. The Morgan fingerprint density at radius 1 is 1.00 bits per heavy atom. The number of carbonyl (C=O) groups excluding carboxylic acids is 4. The summed E-state index contributed by atoms with van der Waals surface area (Å²) in [6.07, 6.45) is 0. The van der Waals surface area contributed by atoms with E-state index in [2.05, 4.69) is 14.8 Å². The Labute approximate surface area is 139 Å². The van der Waals surface area contributed by atoms with Crippen LogP contribution in [0.25, 0.3) is 0 Å². The molecule has 0 radical (unpaired) electrons. The zero-order valence-electron chi connectivity index (χ0n) is 13.6. The van der Waals surface area contributed by atoms with Crippen LogP contribution in [-0.4, -0.2) is 44.0 Å². The summed E-state index contributed by atoms with van der Waals surface area (Å²) in [6.45, 7) is 1.43. The van der Waals surface area contributed by atoms with Gasteiger partial charge >= 0.3 is 11.9 Å². The molecular weight excluding hydrogens is 316 g/mol. The number of nitrogens with one attached hydrogen (secondary N) is 1. The van der Waals surface area contributed by atoms with Gasteiger partial charge in [0, 0.05) is 11.5 Å². The molecule has 8 nitrogen and oxygen atoms in total. The van der Waals surface area contributed by atoms with Crippen molar-refractivity contribution in [3.63, 3.8) is 0 Å². The first-order chi connectivity index (χ1) is 11.3. The van der Waals surface area contributed by atoms with Gasteiger partial charge in [-0.2, -0.15) is 0 Å². The zero-order chi connectivity index (χ0) is 18.3. The number of rotatable bonds is 7. The fourth-order valence-corrected chi connectivity index (χ4v) is 2.25. The summed E-state index contributed by atoms with van der Waals surface area (Å²) in [5.41, 5.74) is 5.64. The topological polar surface area (TPSA) is 125 Å². The van der Waals surface area contributed by atoms with Crippen molar-refractivity contribution in [2.75, 3.05) is 14.2 Å². The monoisotopic (exact) mass is 336 g/mol. The Kier molecular flexibility index (Phi) is 6.91. The molecule has 130 valence electrons. The quantitative estimate of drug-likeness (QED) is 0.528. The number of hydrogen-bond acceptors (Lipinski definition) is 6. The molecule has 0 spiro atoms. The molecule has 0 bridgehead atoms. The van der Waals surface area contributed by atoms with Crippen LogP contribution in [0.4, 0.5) is 0 Å². The van der Waals surface area contributed by atoms with Gasteiger partial charge in [0.15, 0.2) is 5.92 Å². The van der Waals surface area contributed by atoms with Crippen molar-refractivity contribution in [1.29, 1.82) is 0 Å². The van der Waals surface area contributed by atoms with Crippen LogP contribution in [-0.2, 0) is 23.9 Å². The average molecular weight is 336 g/mol. The Bertz CT molecular complexity index is 600. The number of methoxy groups -OCH3 is 2. The first-order valence-corrected chi connectivity index (χ1v) is 7.14. The van der Waals surface area contributed by atoms with E-state index in [0.717, 1.165) is 14.2 Å². The van der Waals surface area contributed by atoms with Gasteiger partial charge in [0.2, 0.25) is 5.91 Å². The van der Waals surface area contributed by atoms with Crippen molar-refractivity contribution in [3.05, 3.63) is 35.9 Å². The van der Waals surface area contributed by atoms with E-state index in [1.54, 1.807) is 30.3 Å². The van der Waals surface area contributed by atoms with Gasteiger partial charge < -0.3 is 20.5 Å². The summed E-state index contributed by atoms with van der Waals surface area (Å²) in [6, 6.07) is 6.88. The fourth-order valence-electron chi connectivity index (χ4n) is 2.25. The molecule has 1 aromatic rings. The van der Waals surface area contributed by atoms with E-state index in [9.17, 15) is 19.2 Å². The minimum Gasteiger partial charge on any atom is -0.468 e. The van der Waals surface area contributed by atoms with E-state index in [0.29, 0.717) is 5.56 Å². The van der Waals surface area contributed by atoms with Gasteiger partial charge in [0.1, 0.15) is 6.04 Å². The molecule has 0 aliphatic rings. The van der Waals surface area contributed by atoms with E-state index in [4.69, 9.17) is 5.73 Å². The van der Waals surface area contributed by atoms with Gasteiger partial charge in [0.05, 0.1) is 14.2 Å². The number of ether oxygens (including phenoxy) is 2. The van der Waals surface area contributed by atoms with E-state index in [-0.39, 0.29) is 0 Å².